The summed E-state index contributed by atoms with van der Waals surface area (Å²) in [5.74, 6) is 0.528. The van der Waals surface area contributed by atoms with E-state index in [1.54, 1.807) is 24.5 Å². The molecule has 0 radical (unpaired) electrons. The molecule has 98 valence electrons. The molecule has 3 N–H and O–H groups in total. The first-order chi connectivity index (χ1) is 9.24. The van der Waals surface area contributed by atoms with Gasteiger partial charge in [-0.15, -0.1) is 0 Å². The van der Waals surface area contributed by atoms with Crippen molar-refractivity contribution in [2.45, 2.75) is 6.42 Å². The summed E-state index contributed by atoms with van der Waals surface area (Å²) in [6, 6.07) is 11.2. The number of nitrogen functional groups attached to an aromatic ring is 1. The van der Waals surface area contributed by atoms with Gasteiger partial charge in [0.2, 0.25) is 5.91 Å². The van der Waals surface area contributed by atoms with E-state index in [1.807, 2.05) is 24.3 Å². The number of carbonyl (C=O) groups excluding carboxylic acids is 1. The summed E-state index contributed by atoms with van der Waals surface area (Å²) >= 11 is 0. The molecule has 0 bridgehead atoms. The Balaban J connectivity index is 1.73. The van der Waals surface area contributed by atoms with Gasteiger partial charge in [-0.3, -0.25) is 4.79 Å². The van der Waals surface area contributed by atoms with Gasteiger partial charge in [0.15, 0.2) is 0 Å². The number of rotatable bonds is 5. The van der Waals surface area contributed by atoms with Crippen LogP contribution >= 0.6 is 0 Å². The molecule has 1 heterocycles. The average Bonchev–Trinajstić information content (AvgIpc) is 2.92. The Morgan fingerprint density at radius 3 is 2.74 bits per heavy atom. The number of nitrogens with two attached hydrogens (primary N) is 1. The summed E-state index contributed by atoms with van der Waals surface area (Å²) in [6.07, 6.45) is 5.44. The predicted octanol–water partition coefficient (Wildman–Crippen LogP) is 2.23. The van der Waals surface area contributed by atoms with Crippen LogP contribution in [0.1, 0.15) is 11.3 Å². The summed E-state index contributed by atoms with van der Waals surface area (Å²) in [4.78, 5) is 11.5. The Morgan fingerprint density at radius 1 is 1.26 bits per heavy atom. The molecule has 0 unspecified atom stereocenters. The molecule has 1 aromatic carbocycles. The van der Waals surface area contributed by atoms with Crippen molar-refractivity contribution in [2.24, 2.45) is 0 Å². The molecule has 0 aliphatic carbocycles. The first-order valence-corrected chi connectivity index (χ1v) is 6.08. The van der Waals surface area contributed by atoms with Crippen molar-refractivity contribution >= 4 is 17.7 Å². The number of hydrogen-bond acceptors (Lipinski definition) is 3. The van der Waals surface area contributed by atoms with E-state index in [9.17, 15) is 4.79 Å². The Kier molecular flexibility index (Phi) is 4.39. The zero-order chi connectivity index (χ0) is 13.5. The van der Waals surface area contributed by atoms with E-state index in [0.717, 1.165) is 17.7 Å². The van der Waals surface area contributed by atoms with Crippen LogP contribution in [0.5, 0.6) is 0 Å². The van der Waals surface area contributed by atoms with Gasteiger partial charge in [-0.05, 0) is 42.3 Å². The second-order valence-corrected chi connectivity index (χ2v) is 4.13. The SMILES string of the molecule is Nc1ccc(CCNC(=O)C=Cc2ccco2)cc1. The van der Waals surface area contributed by atoms with Gasteiger partial charge in [-0.25, -0.2) is 0 Å². The average molecular weight is 256 g/mol. The van der Waals surface area contributed by atoms with E-state index in [1.165, 1.54) is 6.08 Å². The third-order valence-corrected chi connectivity index (χ3v) is 2.63. The lowest BCUT2D eigenvalue weighted by Crippen LogP contribution is -2.23. The molecule has 0 saturated carbocycles. The summed E-state index contributed by atoms with van der Waals surface area (Å²) in [7, 11) is 0. The number of amides is 1. The predicted molar refractivity (Wildman–Crippen MR) is 75.3 cm³/mol. The van der Waals surface area contributed by atoms with Crippen LogP contribution in [0.15, 0.2) is 53.2 Å². The van der Waals surface area contributed by atoms with E-state index in [0.29, 0.717) is 12.3 Å². The zero-order valence-corrected chi connectivity index (χ0v) is 10.5. The minimum atomic E-state index is -0.133. The van der Waals surface area contributed by atoms with Crippen LogP contribution in [0.2, 0.25) is 0 Å². The van der Waals surface area contributed by atoms with Gasteiger partial charge < -0.3 is 15.5 Å². The Hall–Kier alpha value is -2.49. The number of carbonyl (C=O) groups is 1. The summed E-state index contributed by atoms with van der Waals surface area (Å²) in [5, 5.41) is 2.81. The molecule has 4 heteroatoms. The molecule has 0 atom stereocenters. The summed E-state index contributed by atoms with van der Waals surface area (Å²) in [6.45, 7) is 0.589. The highest BCUT2D eigenvalue weighted by Gasteiger charge is 1.97. The number of hydrogen-bond donors (Lipinski definition) is 2. The highest BCUT2D eigenvalue weighted by molar-refractivity contribution is 5.91. The van der Waals surface area contributed by atoms with Gasteiger partial charge in [0.25, 0.3) is 0 Å². The van der Waals surface area contributed by atoms with Crippen LogP contribution in [0.3, 0.4) is 0 Å². The molecule has 2 rings (SSSR count). The van der Waals surface area contributed by atoms with Crippen molar-refractivity contribution in [1.29, 1.82) is 0 Å². The quantitative estimate of drug-likeness (QED) is 0.636. The fraction of sp³-hybridized carbons (Fsp3) is 0.133. The molecule has 19 heavy (non-hydrogen) atoms. The van der Waals surface area contributed by atoms with E-state index >= 15 is 0 Å². The van der Waals surface area contributed by atoms with Crippen molar-refractivity contribution in [2.75, 3.05) is 12.3 Å². The van der Waals surface area contributed by atoms with Gasteiger partial charge in [-0.1, -0.05) is 12.1 Å². The number of nitrogens with one attached hydrogen (secondary N) is 1. The summed E-state index contributed by atoms with van der Waals surface area (Å²) in [5.41, 5.74) is 7.49. The molecule has 0 aliphatic rings. The fourth-order valence-electron chi connectivity index (χ4n) is 1.62. The third kappa shape index (κ3) is 4.35. The van der Waals surface area contributed by atoms with Gasteiger partial charge in [-0.2, -0.15) is 0 Å². The first kappa shape index (κ1) is 13.0. The van der Waals surface area contributed by atoms with Gasteiger partial charge in [0, 0.05) is 18.3 Å². The number of benzene rings is 1. The Morgan fingerprint density at radius 2 is 2.05 bits per heavy atom. The lowest BCUT2D eigenvalue weighted by atomic mass is 10.1. The maximum Gasteiger partial charge on any atom is 0.244 e. The number of anilines is 1. The van der Waals surface area contributed by atoms with Gasteiger partial charge in [0.05, 0.1) is 6.26 Å². The molecule has 1 amide bonds. The molecule has 1 aromatic heterocycles. The summed E-state index contributed by atoms with van der Waals surface area (Å²) < 4.78 is 5.09. The lowest BCUT2D eigenvalue weighted by Gasteiger charge is -2.03. The fourth-order valence-corrected chi connectivity index (χ4v) is 1.62. The zero-order valence-electron chi connectivity index (χ0n) is 10.5. The monoisotopic (exact) mass is 256 g/mol. The van der Waals surface area contributed by atoms with Crippen molar-refractivity contribution in [3.05, 3.63) is 60.1 Å². The lowest BCUT2D eigenvalue weighted by molar-refractivity contribution is -0.116. The van der Waals surface area contributed by atoms with E-state index in [2.05, 4.69) is 5.32 Å². The van der Waals surface area contributed by atoms with E-state index < -0.39 is 0 Å². The van der Waals surface area contributed by atoms with Gasteiger partial charge in [0.1, 0.15) is 5.76 Å². The maximum absolute atomic E-state index is 11.5. The van der Waals surface area contributed by atoms with E-state index in [4.69, 9.17) is 10.2 Å². The van der Waals surface area contributed by atoms with Crippen LogP contribution in [0.4, 0.5) is 5.69 Å². The van der Waals surface area contributed by atoms with Crippen LogP contribution < -0.4 is 11.1 Å². The molecule has 0 saturated heterocycles. The standard InChI is InChI=1S/C15H16N2O2/c16-13-5-3-12(4-6-13)9-10-17-15(18)8-7-14-2-1-11-19-14/h1-8,11H,9-10,16H2,(H,17,18). The van der Waals surface area contributed by atoms with Crippen molar-refractivity contribution < 1.29 is 9.21 Å². The molecular formula is C15H16N2O2. The first-order valence-electron chi connectivity index (χ1n) is 6.08. The molecule has 0 fully saturated rings. The second-order valence-electron chi connectivity index (χ2n) is 4.13. The van der Waals surface area contributed by atoms with Crippen LogP contribution in [-0.2, 0) is 11.2 Å². The highest BCUT2D eigenvalue weighted by Crippen LogP contribution is 2.05. The molecule has 2 aromatic rings. The highest BCUT2D eigenvalue weighted by atomic mass is 16.3. The van der Waals surface area contributed by atoms with Crippen LogP contribution in [0, 0.1) is 0 Å². The second kappa shape index (κ2) is 6.44. The van der Waals surface area contributed by atoms with Crippen molar-refractivity contribution in [1.82, 2.24) is 5.32 Å². The molecular weight excluding hydrogens is 240 g/mol. The largest absolute Gasteiger partial charge is 0.465 e. The molecule has 0 spiro atoms. The third-order valence-electron chi connectivity index (χ3n) is 2.63. The maximum atomic E-state index is 11.5. The minimum Gasteiger partial charge on any atom is -0.465 e. The molecule has 4 nitrogen and oxygen atoms in total. The van der Waals surface area contributed by atoms with Crippen LogP contribution in [-0.4, -0.2) is 12.5 Å². The van der Waals surface area contributed by atoms with Gasteiger partial charge >= 0.3 is 0 Å². The van der Waals surface area contributed by atoms with Crippen molar-refractivity contribution in [3.8, 4) is 0 Å². The minimum absolute atomic E-state index is 0.133. The number of furan rings is 1. The normalized spacial score (nSPS) is 10.7. The molecule has 0 aliphatic heterocycles. The topological polar surface area (TPSA) is 68.3 Å². The van der Waals surface area contributed by atoms with Crippen LogP contribution in [0.25, 0.3) is 6.08 Å². The Bertz CT molecular complexity index is 542. The van der Waals surface area contributed by atoms with Crippen molar-refractivity contribution in [3.63, 3.8) is 0 Å². The Labute approximate surface area is 111 Å². The smallest absolute Gasteiger partial charge is 0.244 e. The van der Waals surface area contributed by atoms with E-state index in [-0.39, 0.29) is 5.91 Å².